The lowest BCUT2D eigenvalue weighted by Gasteiger charge is -2.28. The average molecular weight is 556 g/mol. The largest absolute Gasteiger partial charge is 0.352 e. The fourth-order valence-corrected chi connectivity index (χ4v) is 6.27. The number of benzene rings is 2. The molecule has 6 nitrogen and oxygen atoms in total. The van der Waals surface area contributed by atoms with Gasteiger partial charge >= 0.3 is 0 Å². The van der Waals surface area contributed by atoms with Crippen molar-refractivity contribution in [2.75, 3.05) is 11.9 Å². The normalized spacial score (nSPS) is 16.8. The van der Waals surface area contributed by atoms with Crippen molar-refractivity contribution in [3.8, 4) is 5.69 Å². The van der Waals surface area contributed by atoms with Crippen LogP contribution in [0.2, 0.25) is 0 Å². The lowest BCUT2D eigenvalue weighted by atomic mass is 9.96. The van der Waals surface area contributed by atoms with E-state index in [9.17, 15) is 9.18 Å². The highest BCUT2D eigenvalue weighted by molar-refractivity contribution is 7.80. The van der Waals surface area contributed by atoms with Crippen LogP contribution in [0.15, 0.2) is 66.9 Å². The molecular weight excluding hydrogens is 521 g/mol. The number of thiocarbonyl (C=S) groups is 1. The zero-order valence-corrected chi connectivity index (χ0v) is 24.3. The maximum atomic E-state index is 14.1. The van der Waals surface area contributed by atoms with Gasteiger partial charge in [-0.25, -0.2) is 4.39 Å². The Labute approximate surface area is 240 Å². The van der Waals surface area contributed by atoms with Gasteiger partial charge < -0.3 is 20.1 Å². The summed E-state index contributed by atoms with van der Waals surface area (Å²) in [5, 5.41) is 6.72. The molecule has 4 aromatic rings. The number of halogens is 1. The summed E-state index contributed by atoms with van der Waals surface area (Å²) in [6.07, 6.45) is 1.93. The molecule has 1 amide bonds. The van der Waals surface area contributed by atoms with Gasteiger partial charge in [0.15, 0.2) is 5.11 Å². The van der Waals surface area contributed by atoms with Crippen molar-refractivity contribution in [1.29, 1.82) is 0 Å². The van der Waals surface area contributed by atoms with Crippen LogP contribution < -0.4 is 10.6 Å². The highest BCUT2D eigenvalue weighted by Crippen LogP contribution is 2.42. The van der Waals surface area contributed by atoms with Crippen LogP contribution in [-0.2, 0) is 4.79 Å². The molecule has 2 atom stereocenters. The van der Waals surface area contributed by atoms with Crippen molar-refractivity contribution in [2.45, 2.75) is 53.1 Å². The average Bonchev–Trinajstić information content (AvgIpc) is 3.39. The quantitative estimate of drug-likeness (QED) is 0.253. The van der Waals surface area contributed by atoms with Crippen LogP contribution >= 0.6 is 12.2 Å². The fraction of sp³-hybridized carbons (Fsp3) is 0.281. The molecule has 0 spiro atoms. The Balaban J connectivity index is 1.51. The summed E-state index contributed by atoms with van der Waals surface area (Å²) in [5.41, 5.74) is 9.26. The Morgan fingerprint density at radius 3 is 2.40 bits per heavy atom. The Morgan fingerprint density at radius 1 is 1.02 bits per heavy atom. The third-order valence-corrected chi connectivity index (χ3v) is 7.93. The second kappa shape index (κ2) is 11.2. The van der Waals surface area contributed by atoms with Crippen LogP contribution in [0.25, 0.3) is 5.69 Å². The van der Waals surface area contributed by atoms with Gasteiger partial charge in [-0.05, 0) is 93.9 Å². The molecule has 2 aromatic heterocycles. The van der Waals surface area contributed by atoms with Gasteiger partial charge in [0.1, 0.15) is 5.82 Å². The monoisotopic (exact) mass is 555 g/mol. The van der Waals surface area contributed by atoms with Gasteiger partial charge in [0.25, 0.3) is 0 Å². The van der Waals surface area contributed by atoms with Gasteiger partial charge in [0, 0.05) is 30.6 Å². The van der Waals surface area contributed by atoms with Crippen LogP contribution in [0.4, 0.5) is 10.1 Å². The van der Waals surface area contributed by atoms with Gasteiger partial charge in [0.05, 0.1) is 29.2 Å². The number of carbonyl (C=O) groups excluding carboxylic acids is 1. The van der Waals surface area contributed by atoms with Crippen molar-refractivity contribution in [2.24, 2.45) is 0 Å². The van der Waals surface area contributed by atoms with E-state index in [4.69, 9.17) is 12.2 Å². The first-order valence-corrected chi connectivity index (χ1v) is 13.9. The highest BCUT2D eigenvalue weighted by atomic mass is 32.1. The van der Waals surface area contributed by atoms with Crippen molar-refractivity contribution >= 4 is 28.9 Å². The summed E-state index contributed by atoms with van der Waals surface area (Å²) in [6.45, 7) is 11.0. The van der Waals surface area contributed by atoms with E-state index in [1.165, 1.54) is 28.4 Å². The number of nitrogens with one attached hydrogen (secondary N) is 2. The number of amides is 1. The van der Waals surface area contributed by atoms with Crippen LogP contribution in [0.3, 0.4) is 0 Å². The lowest BCUT2D eigenvalue weighted by Crippen LogP contribution is -2.33. The molecule has 1 saturated heterocycles. The SMILES string of the molecule is Cc1cc(C)c(-n2c(C)cc([C@@H]3[C@@H](c4ccccn4)NC(=S)N3CCC(=O)Nc3ccccc3F)c2C)c(C)c1. The molecule has 1 aliphatic rings. The van der Waals surface area contributed by atoms with Gasteiger partial charge in [0.2, 0.25) is 5.91 Å². The number of rotatable bonds is 7. The van der Waals surface area contributed by atoms with E-state index in [2.05, 4.69) is 77.9 Å². The van der Waals surface area contributed by atoms with E-state index < -0.39 is 5.82 Å². The minimum atomic E-state index is -0.462. The number of hydrogen-bond acceptors (Lipinski definition) is 3. The van der Waals surface area contributed by atoms with Crippen LogP contribution in [-0.4, -0.2) is 32.0 Å². The Bertz CT molecular complexity index is 1560. The molecule has 0 unspecified atom stereocenters. The molecule has 206 valence electrons. The summed E-state index contributed by atoms with van der Waals surface area (Å²) in [7, 11) is 0. The molecule has 0 radical (unpaired) electrons. The van der Waals surface area contributed by atoms with E-state index in [1.54, 1.807) is 24.4 Å². The van der Waals surface area contributed by atoms with Gasteiger partial charge in [-0.3, -0.25) is 9.78 Å². The van der Waals surface area contributed by atoms with E-state index in [0.717, 1.165) is 22.6 Å². The Morgan fingerprint density at radius 2 is 1.73 bits per heavy atom. The Hall–Kier alpha value is -4.04. The van der Waals surface area contributed by atoms with Gasteiger partial charge in [-0.1, -0.05) is 35.9 Å². The first-order chi connectivity index (χ1) is 19.2. The predicted octanol–water partition coefficient (Wildman–Crippen LogP) is 6.55. The third-order valence-electron chi connectivity index (χ3n) is 7.57. The molecule has 2 aromatic carbocycles. The minimum absolute atomic E-state index is 0.149. The number of nitrogens with zero attached hydrogens (tertiary/aromatic N) is 3. The maximum absolute atomic E-state index is 14.1. The third kappa shape index (κ3) is 5.23. The van der Waals surface area contributed by atoms with Gasteiger partial charge in [-0.2, -0.15) is 0 Å². The molecule has 0 saturated carbocycles. The zero-order chi connectivity index (χ0) is 28.6. The molecule has 3 heterocycles. The van der Waals surface area contributed by atoms with Crippen LogP contribution in [0.1, 0.15) is 57.8 Å². The lowest BCUT2D eigenvalue weighted by molar-refractivity contribution is -0.116. The van der Waals surface area contributed by atoms with E-state index >= 15 is 0 Å². The minimum Gasteiger partial charge on any atom is -0.352 e. The molecule has 5 rings (SSSR count). The molecule has 0 bridgehead atoms. The van der Waals surface area contributed by atoms with Gasteiger partial charge in [-0.15, -0.1) is 0 Å². The first-order valence-electron chi connectivity index (χ1n) is 13.4. The zero-order valence-electron chi connectivity index (χ0n) is 23.5. The molecule has 40 heavy (non-hydrogen) atoms. The number of aromatic nitrogens is 2. The van der Waals surface area contributed by atoms with E-state index in [-0.39, 0.29) is 30.1 Å². The second-order valence-corrected chi connectivity index (χ2v) is 10.9. The Kier molecular flexibility index (Phi) is 7.72. The summed E-state index contributed by atoms with van der Waals surface area (Å²) in [4.78, 5) is 19.6. The highest BCUT2D eigenvalue weighted by Gasteiger charge is 2.41. The van der Waals surface area contributed by atoms with Crippen LogP contribution in [0, 0.1) is 40.4 Å². The summed E-state index contributed by atoms with van der Waals surface area (Å²) < 4.78 is 16.4. The molecular formula is C32H34FN5OS. The smallest absolute Gasteiger partial charge is 0.226 e. The maximum Gasteiger partial charge on any atom is 0.226 e. The number of pyridine rings is 1. The molecule has 0 aliphatic carbocycles. The summed E-state index contributed by atoms with van der Waals surface area (Å²) in [6, 6.07) is 18.3. The second-order valence-electron chi connectivity index (χ2n) is 10.5. The van der Waals surface area contributed by atoms with Crippen molar-refractivity contribution in [3.05, 3.63) is 112 Å². The van der Waals surface area contributed by atoms with Crippen molar-refractivity contribution < 1.29 is 9.18 Å². The summed E-state index contributed by atoms with van der Waals surface area (Å²) >= 11 is 5.82. The number of aryl methyl sites for hydroxylation is 4. The van der Waals surface area contributed by atoms with Crippen LogP contribution in [0.5, 0.6) is 0 Å². The molecule has 1 fully saturated rings. The molecule has 8 heteroatoms. The molecule has 2 N–H and O–H groups in total. The topological polar surface area (TPSA) is 62.2 Å². The fourth-order valence-electron chi connectivity index (χ4n) is 5.94. The number of hydrogen-bond donors (Lipinski definition) is 2. The number of anilines is 1. The number of carbonyl (C=O) groups is 1. The van der Waals surface area contributed by atoms with Crippen molar-refractivity contribution in [3.63, 3.8) is 0 Å². The van der Waals surface area contributed by atoms with E-state index in [1.807, 2.05) is 18.2 Å². The predicted molar refractivity (Wildman–Crippen MR) is 161 cm³/mol. The van der Waals surface area contributed by atoms with Crippen molar-refractivity contribution in [1.82, 2.24) is 19.8 Å². The van der Waals surface area contributed by atoms with E-state index in [0.29, 0.717) is 11.7 Å². The standard InChI is InChI=1S/C32H34FN5OS/c1-19-16-20(2)30(21(3)17-19)38-22(4)18-24(23(38)5)31-29(27-12-8-9-14-34-27)36-32(40)37(31)15-13-28(39)35-26-11-7-6-10-25(26)33/h6-12,14,16-18,29,31H,13,15H2,1-5H3,(H,35,39)(H,36,40)/t29-,31-/m1/s1. The molecule has 1 aliphatic heterocycles. The first kappa shape index (κ1) is 27.5. The number of para-hydroxylation sites is 1. The summed E-state index contributed by atoms with van der Waals surface area (Å²) in [5.74, 6) is -0.735.